The van der Waals surface area contributed by atoms with Gasteiger partial charge in [-0.15, -0.1) is 0 Å². The van der Waals surface area contributed by atoms with Crippen molar-refractivity contribution in [1.29, 1.82) is 0 Å². The van der Waals surface area contributed by atoms with Gasteiger partial charge >= 0.3 is 11.9 Å². The highest BCUT2D eigenvalue weighted by Crippen LogP contribution is 1.97. The molecule has 0 aliphatic heterocycles. The fourth-order valence-corrected chi connectivity index (χ4v) is 0.816. The third-order valence-corrected chi connectivity index (χ3v) is 1.59. The normalized spacial score (nSPS) is 11.1. The highest BCUT2D eigenvalue weighted by atomic mass is 16.5. The molecule has 15 heavy (non-hydrogen) atoms. The van der Waals surface area contributed by atoms with Gasteiger partial charge in [-0.2, -0.15) is 0 Å². The van der Waals surface area contributed by atoms with Crippen LogP contribution >= 0.6 is 0 Å². The maximum Gasteiger partial charge on any atom is 0.328 e. The Kier molecular flexibility index (Phi) is 5.77. The number of methoxy groups -OCH3 is 2. The molecule has 0 rings (SSSR count). The van der Waals surface area contributed by atoms with Crippen molar-refractivity contribution in [3.8, 4) is 0 Å². The van der Waals surface area contributed by atoms with Crippen molar-refractivity contribution in [2.24, 2.45) is 0 Å². The summed E-state index contributed by atoms with van der Waals surface area (Å²) in [7, 11) is 2.35. The molecule has 0 aromatic carbocycles. The molecule has 1 amide bonds. The van der Waals surface area contributed by atoms with Crippen LogP contribution in [0.4, 0.5) is 0 Å². The molecular formula is C9H13NO5. The summed E-state index contributed by atoms with van der Waals surface area (Å²) < 4.78 is 8.77. The van der Waals surface area contributed by atoms with Crippen molar-refractivity contribution in [2.45, 2.75) is 12.5 Å². The summed E-state index contributed by atoms with van der Waals surface area (Å²) in [5.74, 6) is -1.89. The smallest absolute Gasteiger partial charge is 0.328 e. The topological polar surface area (TPSA) is 81.7 Å². The maximum atomic E-state index is 11.1. The zero-order valence-electron chi connectivity index (χ0n) is 8.61. The molecule has 0 spiro atoms. The van der Waals surface area contributed by atoms with Gasteiger partial charge in [0.15, 0.2) is 0 Å². The average molecular weight is 215 g/mol. The van der Waals surface area contributed by atoms with Crippen molar-refractivity contribution in [1.82, 2.24) is 5.32 Å². The Labute approximate surface area is 87.2 Å². The van der Waals surface area contributed by atoms with Gasteiger partial charge in [0.1, 0.15) is 6.04 Å². The minimum absolute atomic E-state index is 0.275. The van der Waals surface area contributed by atoms with E-state index in [0.717, 1.165) is 13.2 Å². The largest absolute Gasteiger partial charge is 0.469 e. The Balaban J connectivity index is 4.44. The summed E-state index contributed by atoms with van der Waals surface area (Å²) in [4.78, 5) is 33.0. The predicted octanol–water partition coefficient (Wildman–Crippen LogP) is -0.607. The minimum atomic E-state index is -1.05. The number of hydrogen-bond acceptors (Lipinski definition) is 5. The van der Waals surface area contributed by atoms with E-state index in [1.165, 1.54) is 7.11 Å². The third kappa shape index (κ3) is 4.80. The Morgan fingerprint density at radius 2 is 1.93 bits per heavy atom. The summed E-state index contributed by atoms with van der Waals surface area (Å²) in [6.07, 6.45) is 0.718. The molecule has 0 aliphatic carbocycles. The van der Waals surface area contributed by atoms with Crippen LogP contribution in [0, 0.1) is 0 Å². The lowest BCUT2D eigenvalue weighted by Gasteiger charge is -2.13. The Morgan fingerprint density at radius 3 is 2.33 bits per heavy atom. The summed E-state index contributed by atoms with van der Waals surface area (Å²) in [5, 5.41) is 2.25. The number of nitrogens with one attached hydrogen (secondary N) is 1. The van der Waals surface area contributed by atoms with Crippen LogP contribution in [-0.4, -0.2) is 38.1 Å². The number of hydrogen-bond donors (Lipinski definition) is 1. The van der Waals surface area contributed by atoms with E-state index in [0.29, 0.717) is 0 Å². The van der Waals surface area contributed by atoms with Crippen molar-refractivity contribution >= 4 is 17.8 Å². The van der Waals surface area contributed by atoms with Crippen molar-refractivity contribution in [3.63, 3.8) is 0 Å². The molecule has 6 heteroatoms. The molecule has 0 saturated carbocycles. The lowest BCUT2D eigenvalue weighted by Crippen LogP contribution is -2.42. The van der Waals surface area contributed by atoms with Gasteiger partial charge in [-0.05, 0) is 6.08 Å². The standard InChI is InChI=1S/C9H13NO5/c1-4-7(11)10-6(9(13)15-3)5-8(12)14-2/h4,6H,1,5H2,2-3H3,(H,10,11). The zero-order chi connectivity index (χ0) is 11.8. The molecule has 1 atom stereocenters. The Hall–Kier alpha value is -1.85. The molecule has 0 saturated heterocycles. The van der Waals surface area contributed by atoms with E-state index < -0.39 is 23.9 Å². The van der Waals surface area contributed by atoms with Crippen LogP contribution in [0.25, 0.3) is 0 Å². The van der Waals surface area contributed by atoms with E-state index in [2.05, 4.69) is 21.4 Å². The molecule has 0 radical (unpaired) electrons. The van der Waals surface area contributed by atoms with E-state index in [1.807, 2.05) is 0 Å². The van der Waals surface area contributed by atoms with Gasteiger partial charge < -0.3 is 14.8 Å². The number of carbonyl (C=O) groups excluding carboxylic acids is 3. The second-order valence-corrected chi connectivity index (χ2v) is 2.57. The first kappa shape index (κ1) is 13.2. The third-order valence-electron chi connectivity index (χ3n) is 1.59. The maximum absolute atomic E-state index is 11.1. The first-order valence-corrected chi connectivity index (χ1v) is 4.12. The van der Waals surface area contributed by atoms with E-state index in [1.54, 1.807) is 0 Å². The fraction of sp³-hybridized carbons (Fsp3) is 0.444. The van der Waals surface area contributed by atoms with Crippen LogP contribution in [0.1, 0.15) is 6.42 Å². The Morgan fingerprint density at radius 1 is 1.33 bits per heavy atom. The minimum Gasteiger partial charge on any atom is -0.469 e. The van der Waals surface area contributed by atoms with E-state index in [-0.39, 0.29) is 6.42 Å². The van der Waals surface area contributed by atoms with E-state index in [9.17, 15) is 14.4 Å². The van der Waals surface area contributed by atoms with Crippen LogP contribution < -0.4 is 5.32 Å². The van der Waals surface area contributed by atoms with Crippen LogP contribution in [0.3, 0.4) is 0 Å². The van der Waals surface area contributed by atoms with Crippen LogP contribution in [0.15, 0.2) is 12.7 Å². The van der Waals surface area contributed by atoms with Gasteiger partial charge in [-0.1, -0.05) is 6.58 Å². The van der Waals surface area contributed by atoms with Gasteiger partial charge in [0, 0.05) is 0 Å². The van der Waals surface area contributed by atoms with Crippen molar-refractivity contribution in [3.05, 3.63) is 12.7 Å². The number of ether oxygens (including phenoxy) is 2. The molecule has 1 N–H and O–H groups in total. The van der Waals surface area contributed by atoms with Gasteiger partial charge in [-0.3, -0.25) is 9.59 Å². The predicted molar refractivity (Wildman–Crippen MR) is 50.8 cm³/mol. The number of amides is 1. The van der Waals surface area contributed by atoms with Crippen LogP contribution in [0.2, 0.25) is 0 Å². The van der Waals surface area contributed by atoms with Crippen molar-refractivity contribution < 1.29 is 23.9 Å². The van der Waals surface area contributed by atoms with Gasteiger partial charge in [-0.25, -0.2) is 4.79 Å². The molecule has 0 aromatic rings. The molecular weight excluding hydrogens is 202 g/mol. The van der Waals surface area contributed by atoms with Crippen molar-refractivity contribution in [2.75, 3.05) is 14.2 Å². The number of rotatable bonds is 5. The quantitative estimate of drug-likeness (QED) is 0.489. The SMILES string of the molecule is C=CC(=O)NC(CC(=O)OC)C(=O)OC. The van der Waals surface area contributed by atoms with Crippen LogP contribution in [0.5, 0.6) is 0 Å². The first-order chi connectivity index (χ1) is 7.04. The number of esters is 2. The highest BCUT2D eigenvalue weighted by Gasteiger charge is 2.24. The highest BCUT2D eigenvalue weighted by molar-refractivity contribution is 5.92. The second kappa shape index (κ2) is 6.58. The summed E-state index contributed by atoms with van der Waals surface area (Å²) >= 11 is 0. The Bertz CT molecular complexity index is 274. The lowest BCUT2D eigenvalue weighted by molar-refractivity contribution is -0.150. The van der Waals surface area contributed by atoms with Gasteiger partial charge in [0.2, 0.25) is 5.91 Å². The van der Waals surface area contributed by atoms with Gasteiger partial charge in [0.05, 0.1) is 20.6 Å². The fourth-order valence-electron chi connectivity index (χ4n) is 0.816. The lowest BCUT2D eigenvalue weighted by atomic mass is 10.2. The molecule has 0 heterocycles. The molecule has 0 aromatic heterocycles. The summed E-state index contributed by atoms with van der Waals surface area (Å²) in [6.45, 7) is 3.22. The molecule has 0 bridgehead atoms. The van der Waals surface area contributed by atoms with E-state index >= 15 is 0 Å². The first-order valence-electron chi connectivity index (χ1n) is 4.12. The molecule has 6 nitrogen and oxygen atoms in total. The molecule has 0 fully saturated rings. The molecule has 0 aliphatic rings. The summed E-state index contributed by atoms with van der Waals surface area (Å²) in [6, 6.07) is -1.05. The molecule has 1 unspecified atom stereocenters. The average Bonchev–Trinajstić information content (AvgIpc) is 2.26. The number of carbonyl (C=O) groups is 3. The second-order valence-electron chi connectivity index (χ2n) is 2.57. The molecule has 84 valence electrons. The zero-order valence-corrected chi connectivity index (χ0v) is 8.61. The monoisotopic (exact) mass is 215 g/mol. The van der Waals surface area contributed by atoms with Crippen LogP contribution in [-0.2, 0) is 23.9 Å². The van der Waals surface area contributed by atoms with Gasteiger partial charge in [0.25, 0.3) is 0 Å². The summed E-state index contributed by atoms with van der Waals surface area (Å²) in [5.41, 5.74) is 0. The van der Waals surface area contributed by atoms with E-state index in [4.69, 9.17) is 0 Å².